The third-order valence-corrected chi connectivity index (χ3v) is 3.11. The number of para-hydroxylation sites is 2. The smallest absolute Gasteiger partial charge is 0.226 e. The van der Waals surface area contributed by atoms with Crippen molar-refractivity contribution < 1.29 is 4.79 Å². The Hall–Kier alpha value is -1.55. The Labute approximate surface area is 102 Å². The Morgan fingerprint density at radius 3 is 3.00 bits per heavy atom. The van der Waals surface area contributed by atoms with Crippen LogP contribution >= 0.6 is 0 Å². The van der Waals surface area contributed by atoms with Crippen LogP contribution in [0.2, 0.25) is 0 Å². The van der Waals surface area contributed by atoms with Gasteiger partial charge in [-0.05, 0) is 26.1 Å². The maximum absolute atomic E-state index is 11.6. The first kappa shape index (κ1) is 11.9. The van der Waals surface area contributed by atoms with Crippen LogP contribution in [0.5, 0.6) is 0 Å². The maximum atomic E-state index is 11.6. The highest BCUT2D eigenvalue weighted by Gasteiger charge is 2.19. The van der Waals surface area contributed by atoms with Gasteiger partial charge in [-0.25, -0.2) is 0 Å². The fourth-order valence-corrected chi connectivity index (χ4v) is 2.04. The zero-order valence-corrected chi connectivity index (χ0v) is 10.4. The largest absolute Gasteiger partial charge is 0.368 e. The summed E-state index contributed by atoms with van der Waals surface area (Å²) < 4.78 is 0. The fraction of sp³-hybridized carbons (Fsp3) is 0.462. The second-order valence-electron chi connectivity index (χ2n) is 4.45. The van der Waals surface area contributed by atoms with E-state index in [1.807, 2.05) is 25.2 Å². The van der Waals surface area contributed by atoms with Crippen molar-refractivity contribution in [2.45, 2.75) is 19.4 Å². The number of hydrogen-bond acceptors (Lipinski definition) is 3. The van der Waals surface area contributed by atoms with Gasteiger partial charge in [0.1, 0.15) is 0 Å². The molecule has 1 atom stereocenters. The summed E-state index contributed by atoms with van der Waals surface area (Å²) in [6.45, 7) is 3.82. The molecular weight excluding hydrogens is 214 g/mol. The number of carbonyl (C=O) groups excluding carboxylic acids is 1. The Bertz CT molecular complexity index is 405. The number of amides is 1. The molecule has 1 heterocycles. The molecule has 1 aromatic carbocycles. The average molecular weight is 233 g/mol. The van der Waals surface area contributed by atoms with E-state index in [9.17, 15) is 4.79 Å². The molecule has 0 radical (unpaired) electrons. The standard InChI is InChI=1S/C13H19N3O/c1-10(14-2)9-16-8-7-13(17)15-11-5-3-4-6-12(11)16/h3-6,10,14H,7-9H2,1-2H3,(H,15,17). The topological polar surface area (TPSA) is 44.4 Å². The summed E-state index contributed by atoms with van der Waals surface area (Å²) in [5.74, 6) is 0.0945. The van der Waals surface area contributed by atoms with Crippen LogP contribution in [0.15, 0.2) is 24.3 Å². The lowest BCUT2D eigenvalue weighted by atomic mass is 10.2. The summed E-state index contributed by atoms with van der Waals surface area (Å²) in [7, 11) is 1.96. The quantitative estimate of drug-likeness (QED) is 0.830. The fourth-order valence-electron chi connectivity index (χ4n) is 2.04. The summed E-state index contributed by atoms with van der Waals surface area (Å²) in [4.78, 5) is 13.9. The van der Waals surface area contributed by atoms with Gasteiger partial charge in [0.05, 0.1) is 11.4 Å². The van der Waals surface area contributed by atoms with Crippen LogP contribution in [-0.2, 0) is 4.79 Å². The number of likely N-dealkylation sites (N-methyl/N-ethyl adjacent to an activating group) is 1. The first-order valence-corrected chi connectivity index (χ1v) is 6.02. The van der Waals surface area contributed by atoms with E-state index >= 15 is 0 Å². The van der Waals surface area contributed by atoms with Gasteiger partial charge in [0.15, 0.2) is 0 Å². The van der Waals surface area contributed by atoms with Crippen molar-refractivity contribution in [3.05, 3.63) is 24.3 Å². The summed E-state index contributed by atoms with van der Waals surface area (Å²) in [5.41, 5.74) is 2.03. The number of nitrogens with one attached hydrogen (secondary N) is 2. The molecular formula is C13H19N3O. The van der Waals surface area contributed by atoms with Crippen molar-refractivity contribution in [3.63, 3.8) is 0 Å². The molecule has 0 aromatic heterocycles. The molecule has 1 unspecified atom stereocenters. The van der Waals surface area contributed by atoms with Crippen molar-refractivity contribution in [2.75, 3.05) is 30.4 Å². The van der Waals surface area contributed by atoms with Crippen LogP contribution in [0.4, 0.5) is 11.4 Å². The predicted octanol–water partition coefficient (Wildman–Crippen LogP) is 1.44. The third kappa shape index (κ3) is 2.77. The first-order valence-electron chi connectivity index (χ1n) is 6.02. The van der Waals surface area contributed by atoms with Crippen LogP contribution in [0.25, 0.3) is 0 Å². The van der Waals surface area contributed by atoms with Gasteiger partial charge in [-0.2, -0.15) is 0 Å². The lowest BCUT2D eigenvalue weighted by molar-refractivity contribution is -0.115. The SMILES string of the molecule is CNC(C)CN1CCC(=O)Nc2ccccc21. The lowest BCUT2D eigenvalue weighted by Gasteiger charge is -2.27. The normalized spacial score (nSPS) is 17.1. The van der Waals surface area contributed by atoms with Crippen LogP contribution in [0, 0.1) is 0 Å². The van der Waals surface area contributed by atoms with Crippen molar-refractivity contribution in [1.29, 1.82) is 0 Å². The minimum atomic E-state index is 0.0945. The monoisotopic (exact) mass is 233 g/mol. The highest BCUT2D eigenvalue weighted by molar-refractivity contribution is 5.96. The molecule has 0 saturated carbocycles. The summed E-state index contributed by atoms with van der Waals surface area (Å²) in [6, 6.07) is 8.37. The summed E-state index contributed by atoms with van der Waals surface area (Å²) >= 11 is 0. The molecule has 0 aliphatic carbocycles. The molecule has 1 amide bonds. The molecule has 1 aromatic rings. The molecule has 17 heavy (non-hydrogen) atoms. The highest BCUT2D eigenvalue weighted by Crippen LogP contribution is 2.28. The molecule has 0 spiro atoms. The second kappa shape index (κ2) is 5.19. The first-order chi connectivity index (χ1) is 8.20. The van der Waals surface area contributed by atoms with Crippen LogP contribution in [0.1, 0.15) is 13.3 Å². The second-order valence-corrected chi connectivity index (χ2v) is 4.45. The molecule has 0 saturated heterocycles. The van der Waals surface area contributed by atoms with Crippen molar-refractivity contribution in [1.82, 2.24) is 5.32 Å². The van der Waals surface area contributed by atoms with E-state index in [1.165, 1.54) is 0 Å². The number of hydrogen-bond donors (Lipinski definition) is 2. The van der Waals surface area contributed by atoms with Gasteiger partial charge in [-0.15, -0.1) is 0 Å². The number of rotatable bonds is 3. The number of nitrogens with zero attached hydrogens (tertiary/aromatic N) is 1. The van der Waals surface area contributed by atoms with Gasteiger partial charge in [-0.1, -0.05) is 12.1 Å². The number of carbonyl (C=O) groups is 1. The van der Waals surface area contributed by atoms with Gasteiger partial charge in [0.25, 0.3) is 0 Å². The third-order valence-electron chi connectivity index (χ3n) is 3.11. The van der Waals surface area contributed by atoms with Crippen molar-refractivity contribution >= 4 is 17.3 Å². The minimum Gasteiger partial charge on any atom is -0.368 e. The van der Waals surface area contributed by atoms with Crippen molar-refractivity contribution in [3.8, 4) is 0 Å². The average Bonchev–Trinajstić information content (AvgIpc) is 2.49. The Kier molecular flexibility index (Phi) is 3.64. The zero-order chi connectivity index (χ0) is 12.3. The Morgan fingerprint density at radius 1 is 1.47 bits per heavy atom. The van der Waals surface area contributed by atoms with E-state index < -0.39 is 0 Å². The molecule has 1 aliphatic heterocycles. The zero-order valence-electron chi connectivity index (χ0n) is 10.4. The minimum absolute atomic E-state index is 0.0945. The maximum Gasteiger partial charge on any atom is 0.226 e. The Balaban J connectivity index is 2.25. The van der Waals surface area contributed by atoms with E-state index in [2.05, 4.69) is 28.5 Å². The van der Waals surface area contributed by atoms with Gasteiger partial charge in [0, 0.05) is 25.6 Å². The van der Waals surface area contributed by atoms with Gasteiger partial charge in [-0.3, -0.25) is 4.79 Å². The molecule has 4 heteroatoms. The molecule has 0 bridgehead atoms. The predicted molar refractivity (Wildman–Crippen MR) is 70.4 cm³/mol. The molecule has 2 rings (SSSR count). The van der Waals surface area contributed by atoms with Crippen LogP contribution in [-0.4, -0.2) is 32.1 Å². The van der Waals surface area contributed by atoms with Gasteiger partial charge >= 0.3 is 0 Å². The summed E-state index contributed by atoms with van der Waals surface area (Å²) in [6.07, 6.45) is 0.547. The van der Waals surface area contributed by atoms with Gasteiger partial charge < -0.3 is 15.5 Å². The molecule has 2 N–H and O–H groups in total. The van der Waals surface area contributed by atoms with Gasteiger partial charge in [0.2, 0.25) is 5.91 Å². The number of anilines is 2. The Morgan fingerprint density at radius 2 is 2.24 bits per heavy atom. The van der Waals surface area contributed by atoms with E-state index in [-0.39, 0.29) is 5.91 Å². The molecule has 92 valence electrons. The molecule has 4 nitrogen and oxygen atoms in total. The van der Waals surface area contributed by atoms with E-state index in [1.54, 1.807) is 0 Å². The van der Waals surface area contributed by atoms with E-state index in [4.69, 9.17) is 0 Å². The number of fused-ring (bicyclic) bond motifs is 1. The molecule has 0 fully saturated rings. The molecule has 1 aliphatic rings. The highest BCUT2D eigenvalue weighted by atomic mass is 16.1. The van der Waals surface area contributed by atoms with E-state index in [0.717, 1.165) is 24.5 Å². The van der Waals surface area contributed by atoms with Crippen LogP contribution < -0.4 is 15.5 Å². The summed E-state index contributed by atoms with van der Waals surface area (Å²) in [5, 5.41) is 6.17. The van der Waals surface area contributed by atoms with Crippen molar-refractivity contribution in [2.24, 2.45) is 0 Å². The van der Waals surface area contributed by atoms with E-state index in [0.29, 0.717) is 12.5 Å². The lowest BCUT2D eigenvalue weighted by Crippen LogP contribution is -2.38. The number of benzene rings is 1. The van der Waals surface area contributed by atoms with Crippen LogP contribution in [0.3, 0.4) is 0 Å².